The third-order valence-corrected chi connectivity index (χ3v) is 2.76. The lowest BCUT2D eigenvalue weighted by atomic mass is 10.2. The Balaban J connectivity index is 3.12. The van der Waals surface area contributed by atoms with Crippen molar-refractivity contribution in [2.24, 2.45) is 0 Å². The number of anilines is 1. The zero-order valence-corrected chi connectivity index (χ0v) is 11.7. The van der Waals surface area contributed by atoms with Crippen molar-refractivity contribution in [3.8, 4) is 0 Å². The van der Waals surface area contributed by atoms with Crippen LogP contribution in [0.3, 0.4) is 0 Å². The first kappa shape index (κ1) is 16.0. The van der Waals surface area contributed by atoms with Crippen molar-refractivity contribution in [2.75, 3.05) is 25.2 Å². The number of methoxy groups -OCH3 is 1. The van der Waals surface area contributed by atoms with Gasteiger partial charge in [0.25, 0.3) is 0 Å². The van der Waals surface area contributed by atoms with Gasteiger partial charge in [-0.2, -0.15) is 13.2 Å². The molecule has 0 saturated heterocycles. The van der Waals surface area contributed by atoms with Crippen LogP contribution in [0.2, 0.25) is 5.15 Å². The third-order valence-electron chi connectivity index (χ3n) is 2.56. The average Bonchev–Trinajstić information content (AvgIpc) is 2.27. The summed E-state index contributed by atoms with van der Waals surface area (Å²) >= 11 is 5.67. The van der Waals surface area contributed by atoms with Crippen LogP contribution in [0, 0.1) is 0 Å². The van der Waals surface area contributed by atoms with Gasteiger partial charge in [0.05, 0.1) is 12.2 Å². The van der Waals surface area contributed by atoms with Crippen molar-refractivity contribution in [1.82, 2.24) is 4.98 Å². The topological polar surface area (TPSA) is 25.4 Å². The number of hydrogen-bond donors (Lipinski definition) is 0. The number of hydrogen-bond acceptors (Lipinski definition) is 3. The molecule has 0 spiro atoms. The molecule has 0 aliphatic carbocycles. The van der Waals surface area contributed by atoms with Gasteiger partial charge in [0.1, 0.15) is 11.0 Å². The summed E-state index contributed by atoms with van der Waals surface area (Å²) in [4.78, 5) is 5.67. The molecule has 0 aliphatic rings. The quantitative estimate of drug-likeness (QED) is 0.776. The highest BCUT2D eigenvalue weighted by Crippen LogP contribution is 2.33. The van der Waals surface area contributed by atoms with Crippen LogP contribution in [0.5, 0.6) is 0 Å². The van der Waals surface area contributed by atoms with Crippen molar-refractivity contribution in [3.63, 3.8) is 0 Å². The fraction of sp³-hybridized carbons (Fsp3) is 0.583. The van der Waals surface area contributed by atoms with Gasteiger partial charge in [0.2, 0.25) is 0 Å². The molecule has 3 nitrogen and oxygen atoms in total. The fourth-order valence-corrected chi connectivity index (χ4v) is 1.82. The molecule has 7 heteroatoms. The Labute approximate surface area is 115 Å². The maximum Gasteiger partial charge on any atom is 0.416 e. The second kappa shape index (κ2) is 6.43. The molecule has 0 radical (unpaired) electrons. The molecule has 0 atom stereocenters. The van der Waals surface area contributed by atoms with Gasteiger partial charge in [-0.15, -0.1) is 0 Å². The van der Waals surface area contributed by atoms with Gasteiger partial charge >= 0.3 is 6.18 Å². The zero-order valence-electron chi connectivity index (χ0n) is 11.0. The predicted octanol–water partition coefficient (Wildman–Crippen LogP) is 3.62. The van der Waals surface area contributed by atoms with Crippen molar-refractivity contribution < 1.29 is 17.9 Å². The molecular formula is C12H16ClF3N2O. The van der Waals surface area contributed by atoms with E-state index in [0.717, 1.165) is 12.1 Å². The highest BCUT2D eigenvalue weighted by atomic mass is 35.5. The summed E-state index contributed by atoms with van der Waals surface area (Å²) in [7, 11) is 1.53. The molecule has 0 saturated carbocycles. The smallest absolute Gasteiger partial charge is 0.383 e. The molecule has 1 aromatic rings. The first-order valence-corrected chi connectivity index (χ1v) is 6.14. The molecule has 0 aliphatic heterocycles. The minimum atomic E-state index is -4.44. The van der Waals surface area contributed by atoms with Crippen molar-refractivity contribution in [1.29, 1.82) is 0 Å². The summed E-state index contributed by atoms with van der Waals surface area (Å²) in [5.41, 5.74) is -0.800. The monoisotopic (exact) mass is 296 g/mol. The lowest BCUT2D eigenvalue weighted by Crippen LogP contribution is -2.34. The van der Waals surface area contributed by atoms with Gasteiger partial charge in [0, 0.05) is 19.7 Å². The lowest BCUT2D eigenvalue weighted by molar-refractivity contribution is -0.137. The van der Waals surface area contributed by atoms with Crippen LogP contribution in [0.1, 0.15) is 19.4 Å². The minimum absolute atomic E-state index is 0.0119. The second-order valence-corrected chi connectivity index (χ2v) is 4.70. The molecule has 0 aromatic carbocycles. The predicted molar refractivity (Wildman–Crippen MR) is 68.6 cm³/mol. The molecule has 19 heavy (non-hydrogen) atoms. The molecule has 0 bridgehead atoms. The summed E-state index contributed by atoms with van der Waals surface area (Å²) in [6.07, 6.45) is -4.44. The van der Waals surface area contributed by atoms with E-state index in [-0.39, 0.29) is 17.0 Å². The van der Waals surface area contributed by atoms with Crippen LogP contribution in [0.15, 0.2) is 12.1 Å². The lowest BCUT2D eigenvalue weighted by Gasteiger charge is -2.28. The Morgan fingerprint density at radius 2 is 2.00 bits per heavy atom. The van der Waals surface area contributed by atoms with Crippen molar-refractivity contribution >= 4 is 17.4 Å². The van der Waals surface area contributed by atoms with Gasteiger partial charge in [-0.1, -0.05) is 11.6 Å². The maximum atomic E-state index is 12.7. The Morgan fingerprint density at radius 3 is 2.47 bits per heavy atom. The van der Waals surface area contributed by atoms with Crippen LogP contribution in [0.4, 0.5) is 19.0 Å². The number of nitrogens with zero attached hydrogens (tertiary/aromatic N) is 2. The molecule has 0 amide bonds. The van der Waals surface area contributed by atoms with Crippen LogP contribution < -0.4 is 4.90 Å². The fourth-order valence-electron chi connectivity index (χ4n) is 1.62. The van der Waals surface area contributed by atoms with Crippen LogP contribution in [0.25, 0.3) is 0 Å². The van der Waals surface area contributed by atoms with Crippen molar-refractivity contribution in [2.45, 2.75) is 26.1 Å². The standard InChI is InChI=1S/C12H16ClF3N2O/c1-8(2)18(4-5-19-3)11-7-9(12(14,15)16)6-10(13)17-11/h6-8H,4-5H2,1-3H3. The van der Waals surface area contributed by atoms with E-state index in [9.17, 15) is 13.2 Å². The molecular weight excluding hydrogens is 281 g/mol. The van der Waals surface area contributed by atoms with E-state index in [1.165, 1.54) is 7.11 Å². The van der Waals surface area contributed by atoms with E-state index >= 15 is 0 Å². The van der Waals surface area contributed by atoms with E-state index in [4.69, 9.17) is 16.3 Å². The molecule has 0 fully saturated rings. The molecule has 108 valence electrons. The normalized spacial score (nSPS) is 12.0. The Bertz CT molecular complexity index is 424. The number of rotatable bonds is 5. The third kappa shape index (κ3) is 4.54. The van der Waals surface area contributed by atoms with Gasteiger partial charge in [-0.05, 0) is 26.0 Å². The largest absolute Gasteiger partial charge is 0.416 e. The molecule has 1 rings (SSSR count). The Hall–Kier alpha value is -1.01. The van der Waals surface area contributed by atoms with Gasteiger partial charge in [0.15, 0.2) is 0 Å². The van der Waals surface area contributed by atoms with Gasteiger partial charge in [-0.25, -0.2) is 4.98 Å². The van der Waals surface area contributed by atoms with E-state index in [0.29, 0.717) is 13.2 Å². The van der Waals surface area contributed by atoms with Gasteiger partial charge in [-0.3, -0.25) is 0 Å². The van der Waals surface area contributed by atoms with Crippen LogP contribution in [-0.4, -0.2) is 31.3 Å². The van der Waals surface area contributed by atoms with Crippen molar-refractivity contribution in [3.05, 3.63) is 22.8 Å². The number of ether oxygens (including phenoxy) is 1. The Morgan fingerprint density at radius 1 is 1.37 bits per heavy atom. The molecule has 1 aromatic heterocycles. The van der Waals surface area contributed by atoms with E-state index < -0.39 is 11.7 Å². The first-order chi connectivity index (χ1) is 8.75. The summed E-state index contributed by atoms with van der Waals surface area (Å²) < 4.78 is 43.2. The summed E-state index contributed by atoms with van der Waals surface area (Å²) in [5, 5.41) is -0.173. The van der Waals surface area contributed by atoms with E-state index in [2.05, 4.69) is 4.98 Å². The van der Waals surface area contributed by atoms with Crippen LogP contribution in [-0.2, 0) is 10.9 Å². The maximum absolute atomic E-state index is 12.7. The molecule has 0 N–H and O–H groups in total. The number of alkyl halides is 3. The highest BCUT2D eigenvalue weighted by Gasteiger charge is 2.32. The van der Waals surface area contributed by atoms with E-state index in [1.807, 2.05) is 13.8 Å². The number of pyridine rings is 1. The van der Waals surface area contributed by atoms with Gasteiger partial charge < -0.3 is 9.64 Å². The molecule has 1 heterocycles. The summed E-state index contributed by atoms with van der Waals surface area (Å²) in [6.45, 7) is 4.57. The minimum Gasteiger partial charge on any atom is -0.383 e. The highest BCUT2D eigenvalue weighted by molar-refractivity contribution is 6.29. The number of aromatic nitrogens is 1. The van der Waals surface area contributed by atoms with E-state index in [1.54, 1.807) is 4.90 Å². The summed E-state index contributed by atoms with van der Waals surface area (Å²) in [5.74, 6) is 0.201. The first-order valence-electron chi connectivity index (χ1n) is 5.76. The number of halogens is 4. The zero-order chi connectivity index (χ0) is 14.6. The SMILES string of the molecule is COCCN(c1cc(C(F)(F)F)cc(Cl)n1)C(C)C. The average molecular weight is 297 g/mol. The summed E-state index contributed by atoms with van der Waals surface area (Å²) in [6, 6.07) is 1.81. The Kier molecular flexibility index (Phi) is 5.43. The molecule has 0 unspecified atom stereocenters. The second-order valence-electron chi connectivity index (χ2n) is 4.31. The van der Waals surface area contributed by atoms with Crippen LogP contribution >= 0.6 is 11.6 Å².